The van der Waals surface area contributed by atoms with E-state index in [1.807, 2.05) is 34.3 Å². The van der Waals surface area contributed by atoms with Gasteiger partial charge in [0.1, 0.15) is 0 Å². The van der Waals surface area contributed by atoms with E-state index >= 15 is 0 Å². The molecule has 2 heterocycles. The fourth-order valence-electron chi connectivity index (χ4n) is 2.50. The molecule has 132 valence electrons. The number of thiazole rings is 1. The lowest BCUT2D eigenvalue weighted by Crippen LogP contribution is -2.13. The molecular formula is C17H11Cl2N3O2S2. The van der Waals surface area contributed by atoms with Crippen LogP contribution in [0.5, 0.6) is 0 Å². The number of sulfonamides is 1. The molecule has 0 radical (unpaired) electrons. The van der Waals surface area contributed by atoms with E-state index in [0.29, 0.717) is 22.0 Å². The summed E-state index contributed by atoms with van der Waals surface area (Å²) in [6, 6.07) is 11.3. The molecular weight excluding hydrogens is 413 g/mol. The van der Waals surface area contributed by atoms with E-state index < -0.39 is 10.0 Å². The highest BCUT2D eigenvalue weighted by Crippen LogP contribution is 2.31. The minimum absolute atomic E-state index is 0.0347. The fourth-order valence-corrected chi connectivity index (χ4v) is 4.67. The zero-order valence-electron chi connectivity index (χ0n) is 13.1. The van der Waals surface area contributed by atoms with Crippen molar-refractivity contribution in [3.05, 3.63) is 70.3 Å². The van der Waals surface area contributed by atoms with Crippen LogP contribution in [0.4, 0.5) is 5.69 Å². The number of nitrogens with zero attached hydrogens (tertiary/aromatic N) is 2. The molecule has 9 heteroatoms. The van der Waals surface area contributed by atoms with Crippen LogP contribution in [0.1, 0.15) is 0 Å². The average Bonchev–Trinajstić information content (AvgIpc) is 3.19. The molecule has 2 aromatic heterocycles. The highest BCUT2D eigenvalue weighted by atomic mass is 35.5. The average molecular weight is 424 g/mol. The minimum atomic E-state index is -3.82. The summed E-state index contributed by atoms with van der Waals surface area (Å²) in [5.41, 5.74) is 1.81. The van der Waals surface area contributed by atoms with E-state index in [-0.39, 0.29) is 9.92 Å². The minimum Gasteiger partial charge on any atom is -0.297 e. The molecule has 0 aliphatic heterocycles. The highest BCUT2D eigenvalue weighted by molar-refractivity contribution is 7.92. The third-order valence-electron chi connectivity index (χ3n) is 3.74. The third-order valence-corrected chi connectivity index (χ3v) is 6.61. The molecule has 0 spiro atoms. The summed E-state index contributed by atoms with van der Waals surface area (Å²) in [6.07, 6.45) is 3.76. The number of hydrogen-bond donors (Lipinski definition) is 1. The number of rotatable bonds is 4. The first-order chi connectivity index (χ1) is 12.4. The number of hydrogen-bond acceptors (Lipinski definition) is 4. The van der Waals surface area contributed by atoms with Gasteiger partial charge in [0.15, 0.2) is 4.96 Å². The summed E-state index contributed by atoms with van der Waals surface area (Å²) >= 11 is 13.3. The zero-order valence-corrected chi connectivity index (χ0v) is 16.2. The standard InChI is InChI=1S/C17H11Cl2N3O2S2/c18-13-6-5-11(9-14(13)19)26(23,24)21-15-4-2-1-3-12(15)16-10-22-7-8-25-17(22)20-16/h1-10,21H. The molecule has 0 saturated heterocycles. The number of anilines is 1. The highest BCUT2D eigenvalue weighted by Gasteiger charge is 2.18. The van der Waals surface area contributed by atoms with Gasteiger partial charge in [0.25, 0.3) is 10.0 Å². The maximum atomic E-state index is 12.7. The van der Waals surface area contributed by atoms with E-state index in [9.17, 15) is 8.42 Å². The van der Waals surface area contributed by atoms with E-state index in [4.69, 9.17) is 23.2 Å². The predicted molar refractivity (Wildman–Crippen MR) is 106 cm³/mol. The van der Waals surface area contributed by atoms with Crippen LogP contribution in [0.2, 0.25) is 10.0 Å². The first-order valence-electron chi connectivity index (χ1n) is 7.43. The van der Waals surface area contributed by atoms with Crippen LogP contribution < -0.4 is 4.72 Å². The molecule has 2 aromatic carbocycles. The van der Waals surface area contributed by atoms with Crippen LogP contribution >= 0.6 is 34.5 Å². The summed E-state index contributed by atoms with van der Waals surface area (Å²) in [4.78, 5) is 5.41. The number of para-hydroxylation sites is 1. The van der Waals surface area contributed by atoms with Gasteiger partial charge in [-0.15, -0.1) is 11.3 Å². The van der Waals surface area contributed by atoms with Crippen LogP contribution in [0, 0.1) is 0 Å². The second-order valence-corrected chi connectivity index (χ2v) is 8.82. The Labute approximate surface area is 163 Å². The molecule has 0 unspecified atom stereocenters. The van der Waals surface area contributed by atoms with Gasteiger partial charge < -0.3 is 0 Å². The maximum absolute atomic E-state index is 12.7. The lowest BCUT2D eigenvalue weighted by atomic mass is 10.1. The summed E-state index contributed by atoms with van der Waals surface area (Å²) in [5, 5.41) is 2.41. The number of benzene rings is 2. The monoisotopic (exact) mass is 423 g/mol. The molecule has 4 aromatic rings. The van der Waals surface area contributed by atoms with Crippen molar-refractivity contribution in [2.75, 3.05) is 4.72 Å². The molecule has 0 amide bonds. The Morgan fingerprint density at radius 1 is 1.08 bits per heavy atom. The van der Waals surface area contributed by atoms with Gasteiger partial charge in [-0.1, -0.05) is 41.4 Å². The predicted octanol–water partition coefficient (Wildman–Crippen LogP) is 5.17. The summed E-state index contributed by atoms with van der Waals surface area (Å²) < 4.78 is 30.0. The van der Waals surface area contributed by atoms with Crippen molar-refractivity contribution in [3.63, 3.8) is 0 Å². The van der Waals surface area contributed by atoms with Crippen molar-refractivity contribution in [3.8, 4) is 11.3 Å². The Morgan fingerprint density at radius 2 is 1.88 bits per heavy atom. The molecule has 4 rings (SSSR count). The largest absolute Gasteiger partial charge is 0.297 e. The molecule has 0 bridgehead atoms. The van der Waals surface area contributed by atoms with Crippen molar-refractivity contribution in [1.82, 2.24) is 9.38 Å². The van der Waals surface area contributed by atoms with E-state index in [2.05, 4.69) is 9.71 Å². The Kier molecular flexibility index (Phi) is 4.40. The molecule has 26 heavy (non-hydrogen) atoms. The van der Waals surface area contributed by atoms with Crippen molar-refractivity contribution in [2.24, 2.45) is 0 Å². The molecule has 0 aliphatic carbocycles. The molecule has 1 N–H and O–H groups in total. The SMILES string of the molecule is O=S(=O)(Nc1ccccc1-c1cn2ccsc2n1)c1ccc(Cl)c(Cl)c1. The molecule has 0 aliphatic rings. The second kappa shape index (κ2) is 6.59. The molecule has 0 fully saturated rings. The van der Waals surface area contributed by atoms with Gasteiger partial charge in [-0.25, -0.2) is 13.4 Å². The first kappa shape index (κ1) is 17.4. The fraction of sp³-hybridized carbons (Fsp3) is 0. The van der Waals surface area contributed by atoms with Gasteiger partial charge in [0.2, 0.25) is 0 Å². The smallest absolute Gasteiger partial charge is 0.261 e. The van der Waals surface area contributed by atoms with Crippen molar-refractivity contribution in [2.45, 2.75) is 4.90 Å². The van der Waals surface area contributed by atoms with Crippen molar-refractivity contribution >= 4 is 55.2 Å². The molecule has 0 atom stereocenters. The number of nitrogens with one attached hydrogen (secondary N) is 1. The summed E-state index contributed by atoms with van der Waals surface area (Å²) in [5.74, 6) is 0. The van der Waals surface area contributed by atoms with Crippen LogP contribution in [-0.4, -0.2) is 17.8 Å². The quantitative estimate of drug-likeness (QED) is 0.492. The second-order valence-electron chi connectivity index (χ2n) is 5.45. The number of fused-ring (bicyclic) bond motifs is 1. The Bertz CT molecular complexity index is 1190. The number of imidazole rings is 1. The summed E-state index contributed by atoms with van der Waals surface area (Å²) in [7, 11) is -3.82. The summed E-state index contributed by atoms with van der Waals surface area (Å²) in [6.45, 7) is 0. The van der Waals surface area contributed by atoms with Crippen molar-refractivity contribution < 1.29 is 8.42 Å². The Morgan fingerprint density at radius 3 is 2.65 bits per heavy atom. The lowest BCUT2D eigenvalue weighted by Gasteiger charge is -2.12. The van der Waals surface area contributed by atoms with Gasteiger partial charge in [-0.2, -0.15) is 0 Å². The normalized spacial score (nSPS) is 11.8. The molecule has 5 nitrogen and oxygen atoms in total. The van der Waals surface area contributed by atoms with Crippen LogP contribution in [-0.2, 0) is 10.0 Å². The van der Waals surface area contributed by atoms with Crippen LogP contribution in [0.15, 0.2) is 65.1 Å². The topological polar surface area (TPSA) is 63.5 Å². The van der Waals surface area contributed by atoms with Gasteiger partial charge in [-0.3, -0.25) is 9.12 Å². The maximum Gasteiger partial charge on any atom is 0.261 e. The lowest BCUT2D eigenvalue weighted by molar-refractivity contribution is 0.601. The Hall–Kier alpha value is -2.06. The van der Waals surface area contributed by atoms with Gasteiger partial charge in [-0.05, 0) is 24.3 Å². The molecule has 0 saturated carbocycles. The number of aromatic nitrogens is 2. The first-order valence-corrected chi connectivity index (χ1v) is 10.6. The van der Waals surface area contributed by atoms with E-state index in [1.54, 1.807) is 12.1 Å². The van der Waals surface area contributed by atoms with Crippen molar-refractivity contribution in [1.29, 1.82) is 0 Å². The van der Waals surface area contributed by atoms with Gasteiger partial charge >= 0.3 is 0 Å². The van der Waals surface area contributed by atoms with Crippen LogP contribution in [0.3, 0.4) is 0 Å². The van der Waals surface area contributed by atoms with E-state index in [0.717, 1.165) is 4.96 Å². The van der Waals surface area contributed by atoms with Gasteiger partial charge in [0.05, 0.1) is 26.3 Å². The van der Waals surface area contributed by atoms with Gasteiger partial charge in [0, 0.05) is 23.3 Å². The Balaban J connectivity index is 1.74. The third kappa shape index (κ3) is 3.19. The zero-order chi connectivity index (χ0) is 18.3. The van der Waals surface area contributed by atoms with Crippen LogP contribution in [0.25, 0.3) is 16.2 Å². The number of halogens is 2. The van der Waals surface area contributed by atoms with E-state index in [1.165, 1.54) is 29.5 Å².